The summed E-state index contributed by atoms with van der Waals surface area (Å²) >= 11 is 0. The van der Waals surface area contributed by atoms with Crippen LogP contribution in [-0.2, 0) is 0 Å². The normalized spacial score (nSPS) is 27.2. The van der Waals surface area contributed by atoms with Crippen molar-refractivity contribution in [1.82, 2.24) is 9.80 Å². The van der Waals surface area contributed by atoms with E-state index in [9.17, 15) is 10.4 Å². The van der Waals surface area contributed by atoms with Crippen LogP contribution in [0.2, 0.25) is 0 Å². The number of aliphatic imine (C=N–C) groups is 1. The maximum atomic E-state index is 10.2. The second kappa shape index (κ2) is 11.1. The molecule has 1 heterocycles. The summed E-state index contributed by atoms with van der Waals surface area (Å²) in [6, 6.07) is 2.22. The molecule has 1 fully saturated rings. The fraction of sp³-hybridized carbons (Fsp3) is 0.577. The number of hydrogen-bond acceptors (Lipinski definition) is 6. The maximum absolute atomic E-state index is 10.2. The molecule has 0 aromatic heterocycles. The fourth-order valence-corrected chi connectivity index (χ4v) is 4.30. The smallest absolute Gasteiger partial charge is 0.183 e. The molecule has 174 valence electrons. The molecule has 0 aromatic rings. The van der Waals surface area contributed by atoms with Gasteiger partial charge >= 0.3 is 0 Å². The Morgan fingerprint density at radius 2 is 2.28 bits per heavy atom. The van der Waals surface area contributed by atoms with Gasteiger partial charge in [0.25, 0.3) is 0 Å². The van der Waals surface area contributed by atoms with Gasteiger partial charge < -0.3 is 20.6 Å². The van der Waals surface area contributed by atoms with Crippen molar-refractivity contribution in [2.75, 3.05) is 26.2 Å². The lowest BCUT2D eigenvalue weighted by atomic mass is 9.70. The number of allylic oxidation sites excluding steroid dienone is 2. The van der Waals surface area contributed by atoms with Gasteiger partial charge in [-0.1, -0.05) is 34.1 Å². The van der Waals surface area contributed by atoms with Crippen LogP contribution in [0.4, 0.5) is 0 Å². The van der Waals surface area contributed by atoms with Gasteiger partial charge in [0.05, 0.1) is 24.5 Å². The van der Waals surface area contributed by atoms with Crippen LogP contribution in [0.5, 0.6) is 0 Å². The zero-order valence-corrected chi connectivity index (χ0v) is 20.1. The number of nitriles is 1. The summed E-state index contributed by atoms with van der Waals surface area (Å²) in [4.78, 5) is 8.48. The molecule has 6 heteroatoms. The Kier molecular flexibility index (Phi) is 8.80. The van der Waals surface area contributed by atoms with Crippen molar-refractivity contribution in [1.29, 1.82) is 5.26 Å². The van der Waals surface area contributed by atoms with E-state index in [1.807, 2.05) is 24.7 Å². The lowest BCUT2D eigenvalue weighted by Gasteiger charge is -2.42. The van der Waals surface area contributed by atoms with Crippen LogP contribution in [0.15, 0.2) is 58.9 Å². The molecule has 2 unspecified atom stereocenters. The van der Waals surface area contributed by atoms with Gasteiger partial charge in [0, 0.05) is 36.9 Å². The van der Waals surface area contributed by atoms with Crippen LogP contribution < -0.4 is 5.73 Å². The second-order valence-electron chi connectivity index (χ2n) is 10.4. The Morgan fingerprint density at radius 3 is 2.94 bits per heavy atom. The van der Waals surface area contributed by atoms with E-state index in [0.29, 0.717) is 31.1 Å². The third-order valence-electron chi connectivity index (χ3n) is 6.18. The quantitative estimate of drug-likeness (QED) is 0.457. The highest BCUT2D eigenvalue weighted by atomic mass is 16.3. The van der Waals surface area contributed by atoms with Gasteiger partial charge in [-0.3, -0.25) is 4.99 Å². The first-order valence-corrected chi connectivity index (χ1v) is 11.4. The molecular weight excluding hydrogens is 398 g/mol. The fourth-order valence-electron chi connectivity index (χ4n) is 4.30. The predicted octanol–water partition coefficient (Wildman–Crippen LogP) is 4.87. The first-order chi connectivity index (χ1) is 15.0. The first-order valence-electron chi connectivity index (χ1n) is 11.4. The average molecular weight is 438 g/mol. The number of rotatable bonds is 6. The van der Waals surface area contributed by atoms with Crippen LogP contribution in [0.25, 0.3) is 0 Å². The minimum absolute atomic E-state index is 0.0305. The summed E-state index contributed by atoms with van der Waals surface area (Å²) in [5, 5.41) is 19.5. The van der Waals surface area contributed by atoms with Gasteiger partial charge in [0.15, 0.2) is 5.88 Å². The lowest BCUT2D eigenvalue weighted by molar-refractivity contribution is 0.107. The highest BCUT2D eigenvalue weighted by Gasteiger charge is 2.34. The van der Waals surface area contributed by atoms with Crippen LogP contribution in [-0.4, -0.2) is 47.4 Å². The molecule has 2 rings (SSSR count). The molecule has 0 aromatic carbocycles. The molecule has 1 aliphatic carbocycles. The summed E-state index contributed by atoms with van der Waals surface area (Å²) < 4.78 is 0. The summed E-state index contributed by atoms with van der Waals surface area (Å²) in [5.74, 6) is 0.457. The highest BCUT2D eigenvalue weighted by Crippen LogP contribution is 2.40. The van der Waals surface area contributed by atoms with E-state index in [0.717, 1.165) is 37.9 Å². The first kappa shape index (κ1) is 25.4. The standard InChI is InChI=1S/C26H39N5O/c1-21(32)31(18-24(28)25(2,3)4)17-23-10-8-12-26(5,15-23)19-30-14-11-22(16-27)9-6-7-13-29-20-30/h7,9,11,18,20,23,32H,1,8,10,12-15,17,19,28H2,2-5H3/b22-11+,24-18-,29-20-. The summed E-state index contributed by atoms with van der Waals surface area (Å²) in [6.07, 6.45) is 13.6. The number of aliphatic hydroxyl groups is 1. The predicted molar refractivity (Wildman–Crippen MR) is 132 cm³/mol. The minimum Gasteiger partial charge on any atom is -0.495 e. The molecule has 0 radical (unpaired) electrons. The average Bonchev–Trinajstić information content (AvgIpc) is 2.71. The van der Waals surface area contributed by atoms with Crippen LogP contribution in [0.3, 0.4) is 0 Å². The molecule has 2 atom stereocenters. The maximum Gasteiger partial charge on any atom is 0.183 e. The van der Waals surface area contributed by atoms with Gasteiger partial charge in [0.1, 0.15) is 0 Å². The molecular formula is C26H39N5O. The Morgan fingerprint density at radius 1 is 1.53 bits per heavy atom. The van der Waals surface area contributed by atoms with E-state index in [2.05, 4.69) is 56.0 Å². The zero-order chi connectivity index (χ0) is 23.8. The van der Waals surface area contributed by atoms with E-state index < -0.39 is 0 Å². The Bertz CT molecular complexity index is 864. The number of nitrogens with two attached hydrogens (primary N) is 1. The zero-order valence-electron chi connectivity index (χ0n) is 20.1. The summed E-state index contributed by atoms with van der Waals surface area (Å²) in [7, 11) is 0. The topological polar surface area (TPSA) is 88.9 Å². The van der Waals surface area contributed by atoms with Crippen molar-refractivity contribution in [2.45, 2.75) is 53.4 Å². The van der Waals surface area contributed by atoms with E-state index >= 15 is 0 Å². The van der Waals surface area contributed by atoms with E-state index in [1.165, 1.54) is 0 Å². The van der Waals surface area contributed by atoms with Crippen molar-refractivity contribution in [3.63, 3.8) is 0 Å². The van der Waals surface area contributed by atoms with Crippen LogP contribution in [0, 0.1) is 28.1 Å². The SMILES string of the molecule is C=C(O)N(/C=C(\N)C(C)(C)C)CC1CCCC(C)(CN2/C=N\CC=C=C/C(C#N)=C\C2)C1. The Hall–Kier alpha value is -2.90. The second-order valence-corrected chi connectivity index (χ2v) is 10.4. The largest absolute Gasteiger partial charge is 0.495 e. The van der Waals surface area contributed by atoms with Gasteiger partial charge in [-0.15, -0.1) is 5.73 Å². The molecule has 2 aliphatic rings. The molecule has 1 aliphatic heterocycles. The van der Waals surface area contributed by atoms with Gasteiger partial charge in [0.2, 0.25) is 0 Å². The van der Waals surface area contributed by atoms with Crippen molar-refractivity contribution in [3.8, 4) is 6.07 Å². The highest BCUT2D eigenvalue weighted by molar-refractivity contribution is 5.56. The number of nitrogens with zero attached hydrogens (tertiary/aromatic N) is 4. The van der Waals surface area contributed by atoms with Crippen molar-refractivity contribution >= 4 is 6.34 Å². The van der Waals surface area contributed by atoms with E-state index in [-0.39, 0.29) is 16.7 Å². The van der Waals surface area contributed by atoms with Crippen LogP contribution in [0.1, 0.15) is 53.4 Å². The molecule has 0 spiro atoms. The van der Waals surface area contributed by atoms with Gasteiger partial charge in [-0.25, -0.2) is 0 Å². The molecule has 0 amide bonds. The molecule has 6 nitrogen and oxygen atoms in total. The van der Waals surface area contributed by atoms with Gasteiger partial charge in [-0.05, 0) is 55.4 Å². The molecule has 0 bridgehead atoms. The van der Waals surface area contributed by atoms with E-state index in [4.69, 9.17) is 5.73 Å². The van der Waals surface area contributed by atoms with Gasteiger partial charge in [-0.2, -0.15) is 5.26 Å². The van der Waals surface area contributed by atoms with E-state index in [1.54, 1.807) is 11.0 Å². The summed E-state index contributed by atoms with van der Waals surface area (Å²) in [5.41, 5.74) is 10.5. The minimum atomic E-state index is -0.169. The third kappa shape index (κ3) is 7.98. The summed E-state index contributed by atoms with van der Waals surface area (Å²) in [6.45, 7) is 15.0. The molecule has 3 N–H and O–H groups in total. The molecule has 32 heavy (non-hydrogen) atoms. The number of aliphatic hydroxyl groups excluding tert-OH is 1. The number of hydrogen-bond donors (Lipinski definition) is 2. The Balaban J connectivity index is 2.10. The third-order valence-corrected chi connectivity index (χ3v) is 6.18. The van der Waals surface area contributed by atoms with Crippen molar-refractivity contribution in [3.05, 3.63) is 53.9 Å². The van der Waals surface area contributed by atoms with Crippen molar-refractivity contribution < 1.29 is 5.11 Å². The Labute approximate surface area is 193 Å². The van der Waals surface area contributed by atoms with Crippen molar-refractivity contribution in [2.24, 2.45) is 27.5 Å². The monoisotopic (exact) mass is 437 g/mol. The molecule has 1 saturated carbocycles. The van der Waals surface area contributed by atoms with Crippen LogP contribution >= 0.6 is 0 Å². The lowest BCUT2D eigenvalue weighted by Crippen LogP contribution is -2.41. The molecule has 0 saturated heterocycles.